The second-order valence-electron chi connectivity index (χ2n) is 6.04. The van der Waals surface area contributed by atoms with E-state index >= 15 is 0 Å². The van der Waals surface area contributed by atoms with Gasteiger partial charge in [0.2, 0.25) is 10.0 Å². The zero-order valence-corrected chi connectivity index (χ0v) is 16.4. The molecule has 10 heteroatoms. The van der Waals surface area contributed by atoms with Gasteiger partial charge in [0.15, 0.2) is 12.4 Å². The Morgan fingerprint density at radius 2 is 2.00 bits per heavy atom. The predicted molar refractivity (Wildman–Crippen MR) is 93.0 cm³/mol. The number of esters is 1. The average Bonchev–Trinajstić information content (AvgIpc) is 3.20. The third-order valence-corrected chi connectivity index (χ3v) is 5.87. The Morgan fingerprint density at radius 3 is 2.54 bits per heavy atom. The molecule has 2 rings (SSSR count). The van der Waals surface area contributed by atoms with E-state index in [-0.39, 0.29) is 29.0 Å². The number of aryl methyl sites for hydroxylation is 1. The molecule has 0 atom stereocenters. The highest BCUT2D eigenvalue weighted by atomic mass is 32.2. The molecule has 144 valence electrons. The van der Waals surface area contributed by atoms with E-state index in [0.717, 1.165) is 0 Å². The summed E-state index contributed by atoms with van der Waals surface area (Å²) in [4.78, 5) is 16.5. The van der Waals surface area contributed by atoms with E-state index < -0.39 is 16.0 Å². The van der Waals surface area contributed by atoms with E-state index in [0.29, 0.717) is 18.9 Å². The number of sulfonamides is 1. The molecule has 9 nitrogen and oxygen atoms in total. The molecule has 0 fully saturated rings. The van der Waals surface area contributed by atoms with Gasteiger partial charge in [0.1, 0.15) is 10.6 Å². The summed E-state index contributed by atoms with van der Waals surface area (Å²) in [5.74, 6) is 0.150. The Morgan fingerprint density at radius 1 is 1.35 bits per heavy atom. The van der Waals surface area contributed by atoms with Crippen LogP contribution in [0.1, 0.15) is 55.8 Å². The maximum Gasteiger partial charge on any atom is 0.355 e. The van der Waals surface area contributed by atoms with Crippen molar-refractivity contribution in [2.75, 3.05) is 13.1 Å². The van der Waals surface area contributed by atoms with Crippen molar-refractivity contribution in [2.24, 2.45) is 7.05 Å². The Balaban J connectivity index is 2.13. The lowest BCUT2D eigenvalue weighted by atomic mass is 10.2. The number of carbonyl (C=O) groups is 1. The van der Waals surface area contributed by atoms with Gasteiger partial charge < -0.3 is 13.8 Å². The summed E-state index contributed by atoms with van der Waals surface area (Å²) in [5, 5.41) is 3.79. The monoisotopic (exact) mass is 384 g/mol. The van der Waals surface area contributed by atoms with Crippen molar-refractivity contribution in [1.29, 1.82) is 0 Å². The molecule has 0 aliphatic rings. The minimum absolute atomic E-state index is 0.0514. The minimum Gasteiger partial charge on any atom is -0.451 e. The van der Waals surface area contributed by atoms with Crippen LogP contribution in [0.5, 0.6) is 0 Å². The van der Waals surface area contributed by atoms with Gasteiger partial charge in [-0.15, -0.1) is 0 Å². The van der Waals surface area contributed by atoms with Crippen LogP contribution in [0.4, 0.5) is 0 Å². The molecule has 0 aliphatic carbocycles. The SMILES string of the molecule is CCN(CC)S(=O)(=O)c1cc(C(=O)OCc2nc(C(C)C)no2)n(C)c1. The van der Waals surface area contributed by atoms with E-state index in [2.05, 4.69) is 10.1 Å². The van der Waals surface area contributed by atoms with Crippen LogP contribution < -0.4 is 0 Å². The molecular formula is C16H24N4O5S. The molecule has 0 N–H and O–H groups in total. The van der Waals surface area contributed by atoms with Gasteiger partial charge in [-0.3, -0.25) is 0 Å². The minimum atomic E-state index is -3.65. The van der Waals surface area contributed by atoms with Crippen molar-refractivity contribution < 1.29 is 22.5 Å². The molecule has 26 heavy (non-hydrogen) atoms. The Hall–Kier alpha value is -2.20. The Bertz CT molecular complexity index is 865. The smallest absolute Gasteiger partial charge is 0.355 e. The summed E-state index contributed by atoms with van der Waals surface area (Å²) in [6.45, 7) is 7.88. The first kappa shape index (κ1) is 20.1. The molecule has 0 amide bonds. The quantitative estimate of drug-likeness (QED) is 0.640. The number of hydrogen-bond acceptors (Lipinski definition) is 7. The fourth-order valence-electron chi connectivity index (χ4n) is 2.35. The third-order valence-electron chi connectivity index (χ3n) is 3.86. The van der Waals surface area contributed by atoms with Crippen LogP contribution in [0.2, 0.25) is 0 Å². The Labute approximate surface area is 153 Å². The summed E-state index contributed by atoms with van der Waals surface area (Å²) < 4.78 is 38.0. The second kappa shape index (κ2) is 8.00. The van der Waals surface area contributed by atoms with Crippen LogP contribution in [0.25, 0.3) is 0 Å². The molecule has 2 aromatic rings. The molecule has 2 heterocycles. The standard InChI is InChI=1S/C16H24N4O5S/c1-6-20(7-2)26(22,23)12-8-13(19(5)9-12)16(21)24-10-14-17-15(11(3)4)18-25-14/h8-9,11H,6-7,10H2,1-5H3. The van der Waals surface area contributed by atoms with Gasteiger partial charge in [-0.1, -0.05) is 32.9 Å². The summed E-state index contributed by atoms with van der Waals surface area (Å²) in [6, 6.07) is 1.31. The van der Waals surface area contributed by atoms with Crippen molar-refractivity contribution in [2.45, 2.75) is 45.1 Å². The number of hydrogen-bond donors (Lipinski definition) is 0. The van der Waals surface area contributed by atoms with E-state index in [1.54, 1.807) is 20.9 Å². The summed E-state index contributed by atoms with van der Waals surface area (Å²) in [5.41, 5.74) is 0.124. The van der Waals surface area contributed by atoms with Crippen molar-refractivity contribution in [3.05, 3.63) is 29.7 Å². The maximum absolute atomic E-state index is 12.6. The van der Waals surface area contributed by atoms with Crippen LogP contribution in [-0.4, -0.2) is 46.5 Å². The van der Waals surface area contributed by atoms with Gasteiger partial charge in [-0.05, 0) is 6.07 Å². The number of aromatic nitrogens is 3. The fraction of sp³-hybridized carbons (Fsp3) is 0.562. The molecule has 0 aromatic carbocycles. The first-order valence-corrected chi connectivity index (χ1v) is 9.80. The van der Waals surface area contributed by atoms with Gasteiger partial charge in [-0.25, -0.2) is 13.2 Å². The van der Waals surface area contributed by atoms with E-state index in [4.69, 9.17) is 9.26 Å². The molecular weight excluding hydrogens is 360 g/mol. The zero-order valence-electron chi connectivity index (χ0n) is 15.6. The lowest BCUT2D eigenvalue weighted by Crippen LogP contribution is -2.30. The first-order chi connectivity index (χ1) is 12.2. The van der Waals surface area contributed by atoms with Gasteiger partial charge in [0.05, 0.1) is 0 Å². The van der Waals surface area contributed by atoms with Gasteiger partial charge in [-0.2, -0.15) is 9.29 Å². The topological polar surface area (TPSA) is 108 Å². The van der Waals surface area contributed by atoms with Crippen LogP contribution in [-0.2, 0) is 28.4 Å². The number of nitrogens with zero attached hydrogens (tertiary/aromatic N) is 4. The maximum atomic E-state index is 12.6. The lowest BCUT2D eigenvalue weighted by Gasteiger charge is -2.17. The van der Waals surface area contributed by atoms with E-state index in [1.165, 1.54) is 21.1 Å². The average molecular weight is 384 g/mol. The molecule has 2 aromatic heterocycles. The molecule has 0 unspecified atom stereocenters. The molecule has 0 saturated heterocycles. The number of carbonyl (C=O) groups excluding carboxylic acids is 1. The van der Waals surface area contributed by atoms with E-state index in [9.17, 15) is 13.2 Å². The van der Waals surface area contributed by atoms with Crippen LogP contribution in [0, 0.1) is 0 Å². The predicted octanol–water partition coefficient (Wildman–Crippen LogP) is 1.92. The van der Waals surface area contributed by atoms with E-state index in [1.807, 2.05) is 13.8 Å². The lowest BCUT2D eigenvalue weighted by molar-refractivity contribution is 0.0418. The van der Waals surface area contributed by atoms with Gasteiger partial charge >= 0.3 is 5.97 Å². The Kier molecular flexibility index (Phi) is 6.19. The summed E-state index contributed by atoms with van der Waals surface area (Å²) in [6.07, 6.45) is 1.40. The molecule has 0 saturated carbocycles. The van der Waals surface area contributed by atoms with Crippen molar-refractivity contribution in [1.82, 2.24) is 19.0 Å². The zero-order chi connectivity index (χ0) is 19.5. The fourth-order valence-corrected chi connectivity index (χ4v) is 3.88. The normalized spacial score (nSPS) is 12.1. The molecule has 0 aliphatic heterocycles. The summed E-state index contributed by atoms with van der Waals surface area (Å²) in [7, 11) is -2.06. The second-order valence-corrected chi connectivity index (χ2v) is 7.98. The summed E-state index contributed by atoms with van der Waals surface area (Å²) >= 11 is 0. The van der Waals surface area contributed by atoms with Crippen molar-refractivity contribution in [3.8, 4) is 0 Å². The van der Waals surface area contributed by atoms with Gasteiger partial charge in [0.25, 0.3) is 5.89 Å². The van der Waals surface area contributed by atoms with Gasteiger partial charge in [0, 0.05) is 32.3 Å². The van der Waals surface area contributed by atoms with Crippen LogP contribution >= 0.6 is 0 Å². The third kappa shape index (κ3) is 4.13. The largest absolute Gasteiger partial charge is 0.451 e. The first-order valence-electron chi connectivity index (χ1n) is 8.36. The highest BCUT2D eigenvalue weighted by Crippen LogP contribution is 2.19. The molecule has 0 bridgehead atoms. The highest BCUT2D eigenvalue weighted by Gasteiger charge is 2.26. The number of rotatable bonds is 8. The van der Waals surface area contributed by atoms with Crippen molar-refractivity contribution >= 4 is 16.0 Å². The van der Waals surface area contributed by atoms with Crippen molar-refractivity contribution in [3.63, 3.8) is 0 Å². The highest BCUT2D eigenvalue weighted by molar-refractivity contribution is 7.89. The molecule has 0 radical (unpaired) electrons. The van der Waals surface area contributed by atoms with Crippen LogP contribution in [0.15, 0.2) is 21.7 Å². The number of ether oxygens (including phenoxy) is 1. The molecule has 0 spiro atoms. The van der Waals surface area contributed by atoms with Crippen LogP contribution in [0.3, 0.4) is 0 Å².